The second-order valence-electron chi connectivity index (χ2n) is 3.90. The van der Waals surface area contributed by atoms with Gasteiger partial charge < -0.3 is 10.3 Å². The van der Waals surface area contributed by atoms with E-state index in [4.69, 9.17) is 0 Å². The summed E-state index contributed by atoms with van der Waals surface area (Å²) in [7, 11) is 0. The molecule has 18 heavy (non-hydrogen) atoms. The van der Waals surface area contributed by atoms with Gasteiger partial charge in [0.1, 0.15) is 12.4 Å². The van der Waals surface area contributed by atoms with Gasteiger partial charge in [-0.25, -0.2) is 4.98 Å². The van der Waals surface area contributed by atoms with Gasteiger partial charge in [0.2, 0.25) is 0 Å². The molecule has 2 heterocycles. The van der Waals surface area contributed by atoms with Crippen molar-refractivity contribution in [1.29, 1.82) is 0 Å². The van der Waals surface area contributed by atoms with Crippen LogP contribution in [0.5, 0.6) is 0 Å². The molecule has 0 fully saturated rings. The van der Waals surface area contributed by atoms with Crippen molar-refractivity contribution in [3.8, 4) is 0 Å². The minimum atomic E-state index is -0.0981. The molecular formula is C12H12N4OS. The number of hydrogen-bond donors (Lipinski definition) is 2. The molecule has 1 aliphatic rings. The summed E-state index contributed by atoms with van der Waals surface area (Å²) in [5.74, 6) is 1.46. The number of hydrogen-bond acceptors (Lipinski definition) is 4. The molecule has 0 saturated carbocycles. The van der Waals surface area contributed by atoms with Gasteiger partial charge in [-0.1, -0.05) is 30.3 Å². The van der Waals surface area contributed by atoms with Crippen molar-refractivity contribution in [1.82, 2.24) is 15.3 Å². The molecule has 0 radical (unpaired) electrons. The smallest absolute Gasteiger partial charge is 0.273 e. The largest absolute Gasteiger partial charge is 0.339 e. The Morgan fingerprint density at radius 2 is 2.17 bits per heavy atom. The van der Waals surface area contributed by atoms with E-state index < -0.39 is 0 Å². The number of amides is 1. The van der Waals surface area contributed by atoms with Crippen molar-refractivity contribution >= 4 is 23.7 Å². The molecule has 2 aromatic rings. The van der Waals surface area contributed by atoms with E-state index in [1.165, 1.54) is 5.56 Å². The van der Waals surface area contributed by atoms with Crippen molar-refractivity contribution in [2.24, 2.45) is 0 Å². The molecule has 1 aromatic heterocycles. The predicted molar refractivity (Wildman–Crippen MR) is 71.1 cm³/mol. The number of fused-ring (bicyclic) bond motifs is 1. The highest BCUT2D eigenvalue weighted by atomic mass is 32.2. The monoisotopic (exact) mass is 260 g/mol. The summed E-state index contributed by atoms with van der Waals surface area (Å²) in [4.78, 5) is 18.6. The maximum Gasteiger partial charge on any atom is 0.273 e. The third-order valence-electron chi connectivity index (χ3n) is 2.70. The highest BCUT2D eigenvalue weighted by Gasteiger charge is 2.25. The van der Waals surface area contributed by atoms with Gasteiger partial charge in [-0.15, -0.1) is 0 Å². The quantitative estimate of drug-likeness (QED) is 0.826. The standard InChI is InChI=1S/C12H12N4OS/c17-12-10-11(14-7-13-10)16(8-15-12)18-6-9-4-2-1-3-5-9/h1-5,7H,6,8H2,(H,13,14)(H,15,17). The second-order valence-corrected chi connectivity index (χ2v) is 4.89. The summed E-state index contributed by atoms with van der Waals surface area (Å²) >= 11 is 1.64. The molecule has 0 spiro atoms. The van der Waals surface area contributed by atoms with Crippen LogP contribution >= 0.6 is 11.9 Å². The van der Waals surface area contributed by atoms with E-state index in [9.17, 15) is 4.79 Å². The number of nitrogens with zero attached hydrogens (tertiary/aromatic N) is 2. The Kier molecular flexibility index (Phi) is 2.93. The van der Waals surface area contributed by atoms with Gasteiger partial charge in [-0.05, 0) is 17.5 Å². The molecule has 3 rings (SSSR count). The van der Waals surface area contributed by atoms with Crippen LogP contribution < -0.4 is 9.62 Å². The Labute approximate surface area is 109 Å². The summed E-state index contributed by atoms with van der Waals surface area (Å²) in [6.07, 6.45) is 1.55. The highest BCUT2D eigenvalue weighted by Crippen LogP contribution is 2.27. The van der Waals surface area contributed by atoms with Crippen LogP contribution in [0.25, 0.3) is 0 Å². The van der Waals surface area contributed by atoms with Crippen molar-refractivity contribution in [3.05, 3.63) is 47.9 Å². The Balaban J connectivity index is 1.72. The fraction of sp³-hybridized carbons (Fsp3) is 0.167. The van der Waals surface area contributed by atoms with E-state index in [0.29, 0.717) is 18.2 Å². The van der Waals surface area contributed by atoms with E-state index in [1.807, 2.05) is 22.5 Å². The molecule has 0 saturated heterocycles. The lowest BCUT2D eigenvalue weighted by Crippen LogP contribution is -2.40. The van der Waals surface area contributed by atoms with Crippen molar-refractivity contribution < 1.29 is 4.79 Å². The van der Waals surface area contributed by atoms with Crippen LogP contribution in [0.4, 0.5) is 5.82 Å². The molecule has 92 valence electrons. The number of imidazole rings is 1. The fourth-order valence-corrected chi connectivity index (χ4v) is 2.70. The topological polar surface area (TPSA) is 61.0 Å². The first-order chi connectivity index (χ1) is 8.84. The second kappa shape index (κ2) is 4.73. The van der Waals surface area contributed by atoms with E-state index in [0.717, 1.165) is 5.75 Å². The van der Waals surface area contributed by atoms with Crippen molar-refractivity contribution in [3.63, 3.8) is 0 Å². The van der Waals surface area contributed by atoms with Crippen LogP contribution in [-0.4, -0.2) is 22.5 Å². The summed E-state index contributed by atoms with van der Waals surface area (Å²) in [5.41, 5.74) is 1.78. The molecule has 2 N–H and O–H groups in total. The number of anilines is 1. The maximum absolute atomic E-state index is 11.5. The van der Waals surface area contributed by atoms with Crippen LogP contribution in [-0.2, 0) is 5.75 Å². The summed E-state index contributed by atoms with van der Waals surface area (Å²) in [6.45, 7) is 0.480. The first-order valence-corrected chi connectivity index (χ1v) is 6.55. The molecule has 1 aromatic carbocycles. The highest BCUT2D eigenvalue weighted by molar-refractivity contribution is 7.99. The first-order valence-electron chi connectivity index (χ1n) is 5.60. The molecule has 5 nitrogen and oxygen atoms in total. The molecule has 6 heteroatoms. The lowest BCUT2D eigenvalue weighted by Gasteiger charge is -2.26. The van der Waals surface area contributed by atoms with Gasteiger partial charge in [0.15, 0.2) is 5.82 Å². The number of carbonyl (C=O) groups excluding carboxylic acids is 1. The van der Waals surface area contributed by atoms with Gasteiger partial charge in [-0.2, -0.15) is 0 Å². The third-order valence-corrected chi connectivity index (χ3v) is 3.77. The Hall–Kier alpha value is -1.95. The van der Waals surface area contributed by atoms with Crippen molar-refractivity contribution in [2.45, 2.75) is 5.75 Å². The van der Waals surface area contributed by atoms with Gasteiger partial charge in [0, 0.05) is 5.75 Å². The Bertz CT molecular complexity index is 554. The van der Waals surface area contributed by atoms with Crippen LogP contribution in [0.3, 0.4) is 0 Å². The van der Waals surface area contributed by atoms with Gasteiger partial charge in [0.25, 0.3) is 5.91 Å². The number of aromatic nitrogens is 2. The van der Waals surface area contributed by atoms with Gasteiger partial charge >= 0.3 is 0 Å². The maximum atomic E-state index is 11.5. The van der Waals surface area contributed by atoms with Crippen LogP contribution in [0.15, 0.2) is 36.7 Å². The summed E-state index contributed by atoms with van der Waals surface area (Å²) < 4.78 is 1.99. The molecule has 1 amide bonds. The number of carbonyl (C=O) groups is 1. The van der Waals surface area contributed by atoms with Crippen LogP contribution in [0, 0.1) is 0 Å². The predicted octanol–water partition coefficient (Wildman–Crippen LogP) is 1.77. The number of rotatable bonds is 3. The zero-order chi connectivity index (χ0) is 12.4. The number of benzene rings is 1. The third kappa shape index (κ3) is 2.06. The minimum Gasteiger partial charge on any atom is -0.339 e. The SMILES string of the molecule is O=C1NCN(SCc2ccccc2)c2nc[nH]c21. The fourth-order valence-electron chi connectivity index (χ4n) is 1.78. The zero-order valence-electron chi connectivity index (χ0n) is 9.59. The lowest BCUT2D eigenvalue weighted by atomic mass is 10.2. The number of H-pyrrole nitrogens is 1. The average molecular weight is 260 g/mol. The normalized spacial score (nSPS) is 14.2. The first kappa shape index (κ1) is 11.2. The molecule has 0 aliphatic carbocycles. The number of nitrogens with one attached hydrogen (secondary N) is 2. The molecule has 0 atom stereocenters. The number of aromatic amines is 1. The molecule has 0 bridgehead atoms. The van der Waals surface area contributed by atoms with Gasteiger partial charge in [0.05, 0.1) is 6.33 Å². The molecule has 1 aliphatic heterocycles. The zero-order valence-corrected chi connectivity index (χ0v) is 10.4. The van der Waals surface area contributed by atoms with E-state index in [1.54, 1.807) is 18.3 Å². The summed E-state index contributed by atoms with van der Waals surface area (Å²) in [6, 6.07) is 10.2. The van der Waals surface area contributed by atoms with E-state index in [2.05, 4.69) is 27.4 Å². The van der Waals surface area contributed by atoms with Crippen LogP contribution in [0.1, 0.15) is 16.1 Å². The Morgan fingerprint density at radius 1 is 1.33 bits per heavy atom. The Morgan fingerprint density at radius 3 is 3.00 bits per heavy atom. The van der Waals surface area contributed by atoms with Gasteiger partial charge in [-0.3, -0.25) is 9.10 Å². The van der Waals surface area contributed by atoms with E-state index in [-0.39, 0.29) is 5.91 Å². The average Bonchev–Trinajstić information content (AvgIpc) is 2.90. The minimum absolute atomic E-state index is 0.0981. The summed E-state index contributed by atoms with van der Waals surface area (Å²) in [5, 5.41) is 2.81. The lowest BCUT2D eigenvalue weighted by molar-refractivity contribution is 0.0946. The van der Waals surface area contributed by atoms with E-state index >= 15 is 0 Å². The molecule has 0 unspecified atom stereocenters. The van der Waals surface area contributed by atoms with Crippen LogP contribution in [0.2, 0.25) is 0 Å². The molecular weight excluding hydrogens is 248 g/mol. The van der Waals surface area contributed by atoms with Crippen molar-refractivity contribution in [2.75, 3.05) is 11.0 Å².